The molecule has 3 aliphatic heterocycles. The van der Waals surface area contributed by atoms with Gasteiger partial charge in [0, 0.05) is 31.7 Å². The van der Waals surface area contributed by atoms with Gasteiger partial charge in [-0.05, 0) is 37.1 Å². The summed E-state index contributed by atoms with van der Waals surface area (Å²) in [7, 11) is 0. The SMILES string of the molecule is N#Cc1ccc(OCC(O)CN2C3CCC2CN(C(=O)CC2NC(=O)NC2=O)C3)cc1. The molecule has 0 spiro atoms. The van der Waals surface area contributed by atoms with Gasteiger partial charge >= 0.3 is 6.03 Å². The van der Waals surface area contributed by atoms with Crippen LogP contribution in [0.1, 0.15) is 24.8 Å². The molecule has 1 aromatic carbocycles. The molecule has 2 bridgehead atoms. The smallest absolute Gasteiger partial charge is 0.322 e. The van der Waals surface area contributed by atoms with Crippen LogP contribution in [-0.4, -0.2) is 83.2 Å². The molecule has 4 rings (SSSR count). The molecule has 164 valence electrons. The molecule has 0 aromatic heterocycles. The molecule has 0 aliphatic carbocycles. The number of carbonyl (C=O) groups excluding carboxylic acids is 3. The number of imide groups is 1. The van der Waals surface area contributed by atoms with Gasteiger partial charge in [0.25, 0.3) is 5.91 Å². The van der Waals surface area contributed by atoms with Crippen LogP contribution in [0.5, 0.6) is 5.75 Å². The number of likely N-dealkylation sites (tertiary alicyclic amines) is 1. The monoisotopic (exact) mass is 427 g/mol. The molecule has 3 heterocycles. The Kier molecular flexibility index (Phi) is 6.06. The number of nitrogens with zero attached hydrogens (tertiary/aromatic N) is 3. The van der Waals surface area contributed by atoms with E-state index < -0.39 is 24.1 Å². The highest BCUT2D eigenvalue weighted by Gasteiger charge is 2.43. The number of aliphatic hydroxyl groups excluding tert-OH is 1. The Hall–Kier alpha value is -3.16. The van der Waals surface area contributed by atoms with Gasteiger partial charge in [0.05, 0.1) is 18.1 Å². The van der Waals surface area contributed by atoms with Crippen molar-refractivity contribution in [2.45, 2.75) is 43.5 Å². The summed E-state index contributed by atoms with van der Waals surface area (Å²) in [5, 5.41) is 23.9. The second-order valence-electron chi connectivity index (χ2n) is 8.20. The van der Waals surface area contributed by atoms with Crippen molar-refractivity contribution in [2.75, 3.05) is 26.2 Å². The van der Waals surface area contributed by atoms with E-state index in [1.165, 1.54) is 0 Å². The van der Waals surface area contributed by atoms with Gasteiger partial charge in [0.2, 0.25) is 5.91 Å². The fourth-order valence-electron chi connectivity index (χ4n) is 4.51. The van der Waals surface area contributed by atoms with E-state index in [1.807, 2.05) is 6.07 Å². The lowest BCUT2D eigenvalue weighted by atomic mass is 10.1. The molecule has 31 heavy (non-hydrogen) atoms. The maximum absolute atomic E-state index is 12.6. The summed E-state index contributed by atoms with van der Waals surface area (Å²) in [5.41, 5.74) is 0.549. The van der Waals surface area contributed by atoms with Crippen molar-refractivity contribution in [3.8, 4) is 11.8 Å². The minimum Gasteiger partial charge on any atom is -0.491 e. The van der Waals surface area contributed by atoms with Crippen LogP contribution in [0.3, 0.4) is 0 Å². The van der Waals surface area contributed by atoms with Gasteiger partial charge in [-0.1, -0.05) is 0 Å². The second kappa shape index (κ2) is 8.91. The van der Waals surface area contributed by atoms with E-state index in [4.69, 9.17) is 10.00 Å². The van der Waals surface area contributed by atoms with Crippen LogP contribution in [0.2, 0.25) is 0 Å². The normalized spacial score (nSPS) is 26.2. The lowest BCUT2D eigenvalue weighted by Crippen LogP contribution is -2.57. The van der Waals surface area contributed by atoms with E-state index in [9.17, 15) is 19.5 Å². The number of ether oxygens (including phenoxy) is 1. The number of carbonyl (C=O) groups is 3. The van der Waals surface area contributed by atoms with Crippen molar-refractivity contribution in [1.82, 2.24) is 20.4 Å². The Balaban J connectivity index is 1.26. The lowest BCUT2D eigenvalue weighted by Gasteiger charge is -2.42. The quantitative estimate of drug-likeness (QED) is 0.503. The first-order valence-electron chi connectivity index (χ1n) is 10.4. The van der Waals surface area contributed by atoms with E-state index in [2.05, 4.69) is 15.5 Å². The fourth-order valence-corrected chi connectivity index (χ4v) is 4.51. The Bertz CT molecular complexity index is 884. The third kappa shape index (κ3) is 4.78. The van der Waals surface area contributed by atoms with Crippen LogP contribution in [0, 0.1) is 11.3 Å². The summed E-state index contributed by atoms with van der Waals surface area (Å²) >= 11 is 0. The van der Waals surface area contributed by atoms with Crippen LogP contribution in [0.4, 0.5) is 4.79 Å². The maximum Gasteiger partial charge on any atom is 0.322 e. The average molecular weight is 427 g/mol. The molecule has 1 aromatic rings. The van der Waals surface area contributed by atoms with Crippen LogP contribution < -0.4 is 15.4 Å². The molecule has 0 saturated carbocycles. The van der Waals surface area contributed by atoms with Crippen molar-refractivity contribution < 1.29 is 24.2 Å². The van der Waals surface area contributed by atoms with Crippen molar-refractivity contribution in [1.29, 1.82) is 5.26 Å². The number of benzene rings is 1. The highest BCUT2D eigenvalue weighted by atomic mass is 16.5. The van der Waals surface area contributed by atoms with Gasteiger partial charge in [-0.2, -0.15) is 5.26 Å². The van der Waals surface area contributed by atoms with E-state index >= 15 is 0 Å². The molecule has 3 aliphatic rings. The highest BCUT2D eigenvalue weighted by molar-refractivity contribution is 6.05. The number of fused-ring (bicyclic) bond motifs is 2. The number of piperazine rings is 1. The maximum atomic E-state index is 12.6. The van der Waals surface area contributed by atoms with Crippen molar-refractivity contribution >= 4 is 17.8 Å². The first-order chi connectivity index (χ1) is 14.9. The first kappa shape index (κ1) is 21.1. The van der Waals surface area contributed by atoms with Gasteiger partial charge in [-0.3, -0.25) is 19.8 Å². The molecule has 4 amide bonds. The van der Waals surface area contributed by atoms with Crippen molar-refractivity contribution in [2.24, 2.45) is 0 Å². The summed E-state index contributed by atoms with van der Waals surface area (Å²) in [6.45, 7) is 1.68. The molecular weight excluding hydrogens is 402 g/mol. The van der Waals surface area contributed by atoms with Gasteiger partial charge in [0.1, 0.15) is 24.5 Å². The van der Waals surface area contributed by atoms with Crippen molar-refractivity contribution in [3.63, 3.8) is 0 Å². The number of hydrogen-bond donors (Lipinski definition) is 3. The third-order valence-electron chi connectivity index (χ3n) is 6.07. The largest absolute Gasteiger partial charge is 0.491 e. The molecule has 4 atom stereocenters. The zero-order chi connectivity index (χ0) is 22.0. The van der Waals surface area contributed by atoms with E-state index in [1.54, 1.807) is 29.2 Å². The molecule has 10 heteroatoms. The Morgan fingerprint density at radius 3 is 2.48 bits per heavy atom. The van der Waals surface area contributed by atoms with Gasteiger partial charge in [-0.15, -0.1) is 0 Å². The van der Waals surface area contributed by atoms with Crippen LogP contribution >= 0.6 is 0 Å². The number of aliphatic hydroxyl groups is 1. The molecule has 10 nitrogen and oxygen atoms in total. The molecular formula is C21H25N5O5. The minimum atomic E-state index is -0.808. The van der Waals surface area contributed by atoms with E-state index in [-0.39, 0.29) is 31.0 Å². The molecule has 4 unspecified atom stereocenters. The Morgan fingerprint density at radius 1 is 1.23 bits per heavy atom. The molecule has 3 N–H and O–H groups in total. The summed E-state index contributed by atoms with van der Waals surface area (Å²) in [6, 6.07) is 7.71. The predicted molar refractivity (Wildman–Crippen MR) is 108 cm³/mol. The lowest BCUT2D eigenvalue weighted by molar-refractivity contribution is -0.137. The number of nitriles is 1. The fraction of sp³-hybridized carbons (Fsp3) is 0.524. The first-order valence-corrected chi connectivity index (χ1v) is 10.4. The highest BCUT2D eigenvalue weighted by Crippen LogP contribution is 2.30. The number of rotatable bonds is 7. The topological polar surface area (TPSA) is 135 Å². The third-order valence-corrected chi connectivity index (χ3v) is 6.07. The Morgan fingerprint density at radius 2 is 1.90 bits per heavy atom. The Labute approximate surface area is 179 Å². The van der Waals surface area contributed by atoms with Crippen LogP contribution in [-0.2, 0) is 9.59 Å². The van der Waals surface area contributed by atoms with Crippen molar-refractivity contribution in [3.05, 3.63) is 29.8 Å². The average Bonchev–Trinajstić information content (AvgIpc) is 3.18. The summed E-state index contributed by atoms with van der Waals surface area (Å²) < 4.78 is 5.63. The van der Waals surface area contributed by atoms with E-state index in [0.717, 1.165) is 12.8 Å². The second-order valence-corrected chi connectivity index (χ2v) is 8.20. The van der Waals surface area contributed by atoms with Crippen LogP contribution in [0.15, 0.2) is 24.3 Å². The van der Waals surface area contributed by atoms with E-state index in [0.29, 0.717) is 30.9 Å². The van der Waals surface area contributed by atoms with Gasteiger partial charge < -0.3 is 20.1 Å². The number of amides is 4. The summed E-state index contributed by atoms with van der Waals surface area (Å²) in [5.74, 6) is -0.0200. The minimum absolute atomic E-state index is 0.0436. The molecule has 3 fully saturated rings. The van der Waals surface area contributed by atoms with Gasteiger partial charge in [-0.25, -0.2) is 4.79 Å². The number of urea groups is 1. The predicted octanol–water partition coefficient (Wildman–Crippen LogP) is -0.429. The van der Waals surface area contributed by atoms with Crippen LogP contribution in [0.25, 0.3) is 0 Å². The molecule has 0 radical (unpaired) electrons. The zero-order valence-corrected chi connectivity index (χ0v) is 17.0. The number of nitrogens with one attached hydrogen (secondary N) is 2. The summed E-state index contributed by atoms with van der Waals surface area (Å²) in [6.07, 6.45) is 1.16. The summed E-state index contributed by atoms with van der Waals surface area (Å²) in [4.78, 5) is 39.6. The van der Waals surface area contributed by atoms with Gasteiger partial charge in [0.15, 0.2) is 0 Å². The number of hydrogen-bond acceptors (Lipinski definition) is 7. The standard InChI is InChI=1S/C21H25N5O5/c22-8-13-1-5-17(6-2-13)31-12-16(27)11-26-14-3-4-15(26)10-25(9-14)19(28)7-18-20(29)24-21(30)23-18/h1-2,5-6,14-16,18,27H,3-4,7,9-12H2,(H2,23,24,29,30). The molecule has 3 saturated heterocycles. The zero-order valence-electron chi connectivity index (χ0n) is 17.0.